The van der Waals surface area contributed by atoms with Gasteiger partial charge < -0.3 is 10.0 Å². The summed E-state index contributed by atoms with van der Waals surface area (Å²) in [4.78, 5) is 14.2. The Morgan fingerprint density at radius 1 is 1.33 bits per heavy atom. The van der Waals surface area contributed by atoms with Crippen molar-refractivity contribution in [2.45, 2.75) is 26.2 Å². The van der Waals surface area contributed by atoms with E-state index in [1.807, 2.05) is 6.92 Å². The minimum atomic E-state index is -0.946. The molecule has 0 spiro atoms. The van der Waals surface area contributed by atoms with Gasteiger partial charge in [0.2, 0.25) is 0 Å². The van der Waals surface area contributed by atoms with Crippen LogP contribution in [0.3, 0.4) is 0 Å². The van der Waals surface area contributed by atoms with Gasteiger partial charge in [0.1, 0.15) is 0 Å². The normalized spacial score (nSPS) is 13.2. The zero-order valence-corrected chi connectivity index (χ0v) is 13.4. The predicted octanol–water partition coefficient (Wildman–Crippen LogP) is 2.09. The van der Waals surface area contributed by atoms with Gasteiger partial charge in [-0.1, -0.05) is 0 Å². The van der Waals surface area contributed by atoms with Crippen molar-refractivity contribution in [3.05, 3.63) is 46.8 Å². The molecule has 0 bridgehead atoms. The summed E-state index contributed by atoms with van der Waals surface area (Å²) in [5.41, 5.74) is 2.46. The first-order valence-corrected chi connectivity index (χ1v) is 8.03. The van der Waals surface area contributed by atoms with Crippen LogP contribution in [0.25, 0.3) is 5.69 Å². The Balaban J connectivity index is 2.04. The molecule has 128 valence electrons. The van der Waals surface area contributed by atoms with Crippen molar-refractivity contribution < 1.29 is 18.7 Å². The smallest absolute Gasteiger partial charge is 0.274 e. The Hall–Kier alpha value is -2.28. The lowest BCUT2D eigenvalue weighted by molar-refractivity contribution is 0.0724. The third kappa shape index (κ3) is 2.80. The minimum Gasteiger partial charge on any atom is -0.395 e. The molecule has 1 aliphatic rings. The Morgan fingerprint density at radius 2 is 2.12 bits per heavy atom. The van der Waals surface area contributed by atoms with E-state index >= 15 is 0 Å². The van der Waals surface area contributed by atoms with Gasteiger partial charge in [-0.2, -0.15) is 5.10 Å². The Kier molecular flexibility index (Phi) is 4.62. The zero-order valence-electron chi connectivity index (χ0n) is 13.4. The van der Waals surface area contributed by atoms with E-state index in [1.165, 1.54) is 15.6 Å². The number of carbonyl (C=O) groups excluding carboxylic acids is 1. The maximum atomic E-state index is 13.5. The highest BCUT2D eigenvalue weighted by Crippen LogP contribution is 2.29. The summed E-state index contributed by atoms with van der Waals surface area (Å²) in [6.45, 7) is 2.42. The van der Waals surface area contributed by atoms with E-state index in [0.29, 0.717) is 17.9 Å². The van der Waals surface area contributed by atoms with Gasteiger partial charge in [-0.3, -0.25) is 4.79 Å². The highest BCUT2D eigenvalue weighted by molar-refractivity contribution is 5.94. The molecule has 0 saturated heterocycles. The summed E-state index contributed by atoms with van der Waals surface area (Å²) >= 11 is 0. The summed E-state index contributed by atoms with van der Waals surface area (Å²) in [6.07, 6.45) is 2.36. The van der Waals surface area contributed by atoms with Gasteiger partial charge >= 0.3 is 0 Å². The second kappa shape index (κ2) is 6.68. The van der Waals surface area contributed by atoms with Crippen LogP contribution in [0.1, 0.15) is 35.1 Å². The summed E-state index contributed by atoms with van der Waals surface area (Å²) in [7, 11) is 0. The quantitative estimate of drug-likeness (QED) is 0.910. The fraction of sp³-hybridized carbons (Fsp3) is 0.412. The monoisotopic (exact) mass is 335 g/mol. The summed E-state index contributed by atoms with van der Waals surface area (Å²) in [5, 5.41) is 13.5. The zero-order chi connectivity index (χ0) is 17.3. The van der Waals surface area contributed by atoms with Gasteiger partial charge in [-0.25, -0.2) is 13.5 Å². The second-order valence-corrected chi connectivity index (χ2v) is 5.75. The van der Waals surface area contributed by atoms with E-state index in [9.17, 15) is 13.6 Å². The lowest BCUT2D eigenvalue weighted by atomic mass is 10.2. The number of hydrogen-bond donors (Lipinski definition) is 1. The SMILES string of the molecule is CCN(CCO)C(=O)c1nn(-c2ccc(F)c(F)c2)c2c1CCC2. The molecular weight excluding hydrogens is 316 g/mol. The summed E-state index contributed by atoms with van der Waals surface area (Å²) in [6, 6.07) is 3.59. The largest absolute Gasteiger partial charge is 0.395 e. The molecule has 0 fully saturated rings. The number of likely N-dealkylation sites (N-methyl/N-ethyl adjacent to an activating group) is 1. The molecule has 1 N–H and O–H groups in total. The molecule has 7 heteroatoms. The predicted molar refractivity (Wildman–Crippen MR) is 84.2 cm³/mol. The molecule has 5 nitrogen and oxygen atoms in total. The Bertz CT molecular complexity index is 773. The first-order chi connectivity index (χ1) is 11.6. The summed E-state index contributed by atoms with van der Waals surface area (Å²) in [5.74, 6) is -2.11. The molecule has 24 heavy (non-hydrogen) atoms. The number of aromatic nitrogens is 2. The molecule has 2 aromatic rings. The average Bonchev–Trinajstić information content (AvgIpc) is 3.17. The van der Waals surface area contributed by atoms with Crippen molar-refractivity contribution >= 4 is 5.91 Å². The number of carbonyl (C=O) groups is 1. The standard InChI is InChI=1S/C17H19F2N3O2/c1-2-21(8-9-23)17(24)16-12-4-3-5-15(12)22(20-16)11-6-7-13(18)14(19)10-11/h6-7,10,23H,2-5,8-9H2,1H3. The Morgan fingerprint density at radius 3 is 2.79 bits per heavy atom. The van der Waals surface area contributed by atoms with Crippen molar-refractivity contribution in [2.75, 3.05) is 19.7 Å². The van der Waals surface area contributed by atoms with Gasteiger partial charge in [0.05, 0.1) is 12.3 Å². The first-order valence-electron chi connectivity index (χ1n) is 8.03. The maximum Gasteiger partial charge on any atom is 0.274 e. The van der Waals surface area contributed by atoms with Crippen molar-refractivity contribution in [3.63, 3.8) is 0 Å². The highest BCUT2D eigenvalue weighted by Gasteiger charge is 2.29. The molecule has 1 aliphatic carbocycles. The van der Waals surface area contributed by atoms with Crippen LogP contribution in [-0.2, 0) is 12.8 Å². The van der Waals surface area contributed by atoms with Crippen molar-refractivity contribution in [1.82, 2.24) is 14.7 Å². The molecule has 1 aromatic carbocycles. The number of aliphatic hydroxyl groups excluding tert-OH is 1. The molecule has 0 radical (unpaired) electrons. The molecule has 0 atom stereocenters. The second-order valence-electron chi connectivity index (χ2n) is 5.75. The van der Waals surface area contributed by atoms with Crippen LogP contribution in [0, 0.1) is 11.6 Å². The van der Waals surface area contributed by atoms with Crippen LogP contribution in [0.2, 0.25) is 0 Å². The fourth-order valence-electron chi connectivity index (χ4n) is 3.11. The Labute approximate surface area is 138 Å². The highest BCUT2D eigenvalue weighted by atomic mass is 19.2. The maximum absolute atomic E-state index is 13.5. The van der Waals surface area contributed by atoms with Gasteiger partial charge in [0.25, 0.3) is 5.91 Å². The molecule has 0 aliphatic heterocycles. The molecule has 1 aromatic heterocycles. The fourth-order valence-corrected chi connectivity index (χ4v) is 3.11. The summed E-state index contributed by atoms with van der Waals surface area (Å²) < 4.78 is 28.2. The van der Waals surface area contributed by atoms with Crippen LogP contribution in [-0.4, -0.2) is 45.4 Å². The van der Waals surface area contributed by atoms with E-state index in [1.54, 1.807) is 0 Å². The van der Waals surface area contributed by atoms with Crippen molar-refractivity contribution in [2.24, 2.45) is 0 Å². The number of aliphatic hydroxyl groups is 1. The van der Waals surface area contributed by atoms with E-state index in [4.69, 9.17) is 5.11 Å². The van der Waals surface area contributed by atoms with E-state index in [-0.39, 0.29) is 19.1 Å². The average molecular weight is 335 g/mol. The first kappa shape index (κ1) is 16.6. The number of nitrogens with zero attached hydrogens (tertiary/aromatic N) is 3. The molecule has 1 amide bonds. The van der Waals surface area contributed by atoms with E-state index < -0.39 is 11.6 Å². The topological polar surface area (TPSA) is 58.4 Å². The van der Waals surface area contributed by atoms with Crippen LogP contribution < -0.4 is 0 Å². The minimum absolute atomic E-state index is 0.119. The molecule has 0 unspecified atom stereocenters. The number of benzene rings is 1. The number of hydrogen-bond acceptors (Lipinski definition) is 3. The lowest BCUT2D eigenvalue weighted by Crippen LogP contribution is -2.34. The van der Waals surface area contributed by atoms with Crippen LogP contribution >= 0.6 is 0 Å². The van der Waals surface area contributed by atoms with E-state index in [0.717, 1.165) is 42.7 Å². The van der Waals surface area contributed by atoms with Crippen LogP contribution in [0.15, 0.2) is 18.2 Å². The molecule has 3 rings (SSSR count). The van der Waals surface area contributed by atoms with Gasteiger partial charge in [0.15, 0.2) is 17.3 Å². The van der Waals surface area contributed by atoms with Gasteiger partial charge in [-0.15, -0.1) is 0 Å². The molecule has 1 heterocycles. The van der Waals surface area contributed by atoms with Crippen LogP contribution in [0.5, 0.6) is 0 Å². The van der Waals surface area contributed by atoms with E-state index in [2.05, 4.69) is 5.10 Å². The lowest BCUT2D eigenvalue weighted by Gasteiger charge is -2.18. The number of halogens is 2. The van der Waals surface area contributed by atoms with Crippen LogP contribution in [0.4, 0.5) is 8.78 Å². The molecule has 0 saturated carbocycles. The van der Waals surface area contributed by atoms with Gasteiger partial charge in [-0.05, 0) is 38.3 Å². The number of rotatable bonds is 5. The van der Waals surface area contributed by atoms with Crippen molar-refractivity contribution in [3.8, 4) is 5.69 Å². The van der Waals surface area contributed by atoms with Gasteiger partial charge in [0, 0.05) is 30.4 Å². The third-order valence-electron chi connectivity index (χ3n) is 4.32. The number of fused-ring (bicyclic) bond motifs is 1. The van der Waals surface area contributed by atoms with Crippen molar-refractivity contribution in [1.29, 1.82) is 0 Å². The number of amides is 1. The third-order valence-corrected chi connectivity index (χ3v) is 4.32. The molecular formula is C17H19F2N3O2.